The Bertz CT molecular complexity index is 778. The van der Waals surface area contributed by atoms with E-state index in [9.17, 15) is 0 Å². The van der Waals surface area contributed by atoms with Gasteiger partial charge in [0.2, 0.25) is 0 Å². The maximum Gasteiger partial charge on any atom is 0.117 e. The lowest BCUT2D eigenvalue weighted by atomic mass is 9.89. The van der Waals surface area contributed by atoms with Crippen LogP contribution in [0.15, 0.2) is 33.9 Å². The van der Waals surface area contributed by atoms with E-state index in [-0.39, 0.29) is 11.2 Å². The Morgan fingerprint density at radius 2 is 1.35 bits per heavy atom. The lowest BCUT2D eigenvalue weighted by Gasteiger charge is -2.25. The van der Waals surface area contributed by atoms with Crippen LogP contribution in [0.5, 0.6) is 0 Å². The van der Waals surface area contributed by atoms with E-state index in [2.05, 4.69) is 38.7 Å². The molecule has 0 aromatic carbocycles. The quantitative estimate of drug-likeness (QED) is 0.355. The molecule has 5 rings (SSSR count). The molecule has 0 aromatic heterocycles. The fourth-order valence-corrected chi connectivity index (χ4v) is 5.68. The molecule has 5 aliphatic heterocycles. The highest BCUT2D eigenvalue weighted by molar-refractivity contribution is 5.31. The van der Waals surface area contributed by atoms with Crippen LogP contribution in [0.1, 0.15) is 79.1 Å². The third kappa shape index (κ3) is 6.82. The van der Waals surface area contributed by atoms with Crippen LogP contribution in [-0.4, -0.2) is 75.4 Å². The number of likely N-dealkylation sites (tertiary alicyclic amines) is 1. The van der Waals surface area contributed by atoms with Crippen molar-refractivity contribution in [1.29, 1.82) is 0 Å². The Kier molecular flexibility index (Phi) is 9.08. The zero-order valence-corrected chi connectivity index (χ0v) is 22.2. The number of nitrogens with zero attached hydrogens (tertiary/aromatic N) is 1. The van der Waals surface area contributed by atoms with E-state index in [1.54, 1.807) is 0 Å². The largest absolute Gasteiger partial charge is 0.377 e. The van der Waals surface area contributed by atoms with E-state index < -0.39 is 0 Å². The van der Waals surface area contributed by atoms with Gasteiger partial charge in [-0.05, 0) is 97.0 Å². The minimum Gasteiger partial charge on any atom is -0.377 e. The van der Waals surface area contributed by atoms with Crippen molar-refractivity contribution >= 4 is 0 Å². The predicted octanol–water partition coefficient (Wildman–Crippen LogP) is 5.61. The van der Waals surface area contributed by atoms with Crippen molar-refractivity contribution in [2.45, 2.75) is 90.3 Å². The highest BCUT2D eigenvalue weighted by atomic mass is 16.6. The first kappa shape index (κ1) is 26.1. The normalized spacial score (nSPS) is 33.4. The predicted molar refractivity (Wildman–Crippen MR) is 137 cm³/mol. The van der Waals surface area contributed by atoms with E-state index in [1.165, 1.54) is 73.2 Å². The summed E-state index contributed by atoms with van der Waals surface area (Å²) in [6, 6.07) is 0. The van der Waals surface area contributed by atoms with Crippen LogP contribution in [0.4, 0.5) is 0 Å². The average molecular weight is 474 g/mol. The van der Waals surface area contributed by atoms with Gasteiger partial charge in [0.25, 0.3) is 0 Å². The molecule has 5 fully saturated rings. The van der Waals surface area contributed by atoms with Crippen molar-refractivity contribution in [3.05, 3.63) is 33.9 Å². The molecule has 2 unspecified atom stereocenters. The standard InChI is InChI=1S/C15H25NO2.C14H22O2/c1-13(5-4-9-16-7-2-3-8-16)14-11-17-10-6-15(14)12-18-15;1-11(2)5-4-6-12(3)13-9-15-8-7-14(13)10-16-14/h2-12H2,1H3;5H,4,6-10H2,1-3H3/b14-13+;13-12+. The first-order chi connectivity index (χ1) is 16.4. The first-order valence-corrected chi connectivity index (χ1v) is 13.6. The third-order valence-corrected chi connectivity index (χ3v) is 8.21. The molecular formula is C29H47NO4. The third-order valence-electron chi connectivity index (χ3n) is 8.21. The second kappa shape index (κ2) is 11.8. The Labute approximate surface area is 207 Å². The lowest BCUT2D eigenvalue weighted by molar-refractivity contribution is 0.0903. The van der Waals surface area contributed by atoms with E-state index in [4.69, 9.17) is 18.9 Å². The van der Waals surface area contributed by atoms with Crippen LogP contribution in [0.25, 0.3) is 0 Å². The van der Waals surface area contributed by atoms with Crippen LogP contribution in [0.2, 0.25) is 0 Å². The molecular weight excluding hydrogens is 426 g/mol. The molecule has 5 saturated heterocycles. The summed E-state index contributed by atoms with van der Waals surface area (Å²) in [7, 11) is 0. The van der Waals surface area contributed by atoms with Crippen molar-refractivity contribution in [2.75, 3.05) is 59.3 Å². The minimum atomic E-state index is 0.0906. The van der Waals surface area contributed by atoms with Crippen molar-refractivity contribution in [1.82, 2.24) is 4.90 Å². The number of hydrogen-bond acceptors (Lipinski definition) is 5. The second-order valence-electron chi connectivity index (χ2n) is 11.2. The molecule has 0 amide bonds. The summed E-state index contributed by atoms with van der Waals surface area (Å²) in [5, 5.41) is 0. The number of rotatable bonds is 7. The zero-order chi connectivity index (χ0) is 24.0. The molecule has 2 atom stereocenters. The van der Waals surface area contributed by atoms with Crippen LogP contribution in [0, 0.1) is 0 Å². The van der Waals surface area contributed by atoms with Crippen molar-refractivity contribution in [3.8, 4) is 0 Å². The first-order valence-electron chi connectivity index (χ1n) is 13.6. The van der Waals surface area contributed by atoms with Crippen molar-refractivity contribution in [2.24, 2.45) is 0 Å². The van der Waals surface area contributed by atoms with Crippen LogP contribution in [-0.2, 0) is 18.9 Å². The molecule has 0 saturated carbocycles. The monoisotopic (exact) mass is 473 g/mol. The Balaban J connectivity index is 0.000000162. The number of hydrogen-bond donors (Lipinski definition) is 0. The van der Waals surface area contributed by atoms with E-state index in [0.717, 1.165) is 65.3 Å². The smallest absolute Gasteiger partial charge is 0.117 e. The van der Waals surface area contributed by atoms with Crippen LogP contribution < -0.4 is 0 Å². The summed E-state index contributed by atoms with van der Waals surface area (Å²) in [6.07, 6.45) is 12.0. The Morgan fingerprint density at radius 3 is 1.85 bits per heavy atom. The van der Waals surface area contributed by atoms with Crippen LogP contribution >= 0.6 is 0 Å². The zero-order valence-electron chi connectivity index (χ0n) is 22.2. The average Bonchev–Trinajstić information content (AvgIpc) is 3.71. The van der Waals surface area contributed by atoms with Gasteiger partial charge in [0.05, 0.1) is 39.6 Å². The Hall–Kier alpha value is -0.980. The van der Waals surface area contributed by atoms with Gasteiger partial charge in [0.1, 0.15) is 11.2 Å². The molecule has 5 heterocycles. The van der Waals surface area contributed by atoms with Gasteiger partial charge >= 0.3 is 0 Å². The maximum atomic E-state index is 5.70. The summed E-state index contributed by atoms with van der Waals surface area (Å²) in [5.74, 6) is 0. The van der Waals surface area contributed by atoms with Gasteiger partial charge < -0.3 is 23.8 Å². The molecule has 0 aromatic rings. The molecule has 192 valence electrons. The summed E-state index contributed by atoms with van der Waals surface area (Å²) in [4.78, 5) is 2.60. The van der Waals surface area contributed by atoms with Gasteiger partial charge in [-0.2, -0.15) is 0 Å². The molecule has 34 heavy (non-hydrogen) atoms. The lowest BCUT2D eigenvalue weighted by Crippen LogP contribution is -2.28. The van der Waals surface area contributed by atoms with Gasteiger partial charge in [-0.3, -0.25) is 0 Å². The molecule has 5 nitrogen and oxygen atoms in total. The van der Waals surface area contributed by atoms with Crippen molar-refractivity contribution < 1.29 is 18.9 Å². The molecule has 0 bridgehead atoms. The van der Waals surface area contributed by atoms with E-state index in [1.807, 2.05) is 0 Å². The summed E-state index contributed by atoms with van der Waals surface area (Å²) in [5.41, 5.74) is 7.45. The number of ether oxygens (including phenoxy) is 4. The summed E-state index contributed by atoms with van der Waals surface area (Å²) < 4.78 is 22.5. The highest BCUT2D eigenvalue weighted by Crippen LogP contribution is 2.44. The molecule has 5 heteroatoms. The SMILES string of the molecule is C/C(CCCN1CCCC1)=C1/COCCC12CO2.CC(C)=CCC/C(C)=C1\COCCC12CO2. The minimum absolute atomic E-state index is 0.0906. The molecule has 2 spiro atoms. The maximum absolute atomic E-state index is 5.70. The second-order valence-corrected chi connectivity index (χ2v) is 11.2. The molecule has 0 aliphatic carbocycles. The number of allylic oxidation sites excluding steroid dienone is 4. The molecule has 0 radical (unpaired) electrons. The van der Waals surface area contributed by atoms with Gasteiger partial charge in [-0.1, -0.05) is 22.8 Å². The number of epoxide rings is 2. The van der Waals surface area contributed by atoms with Gasteiger partial charge in [0.15, 0.2) is 0 Å². The fraction of sp³-hybridized carbons (Fsp3) is 0.793. The highest BCUT2D eigenvalue weighted by Gasteiger charge is 2.51. The summed E-state index contributed by atoms with van der Waals surface area (Å²) in [6.45, 7) is 17.8. The topological polar surface area (TPSA) is 46.8 Å². The molecule has 0 N–H and O–H groups in total. The van der Waals surface area contributed by atoms with Crippen molar-refractivity contribution in [3.63, 3.8) is 0 Å². The van der Waals surface area contributed by atoms with Gasteiger partial charge in [-0.25, -0.2) is 0 Å². The van der Waals surface area contributed by atoms with E-state index in [0.29, 0.717) is 0 Å². The fourth-order valence-electron chi connectivity index (χ4n) is 5.68. The Morgan fingerprint density at radius 1 is 0.824 bits per heavy atom. The van der Waals surface area contributed by atoms with Gasteiger partial charge in [-0.15, -0.1) is 0 Å². The van der Waals surface area contributed by atoms with Gasteiger partial charge in [0, 0.05) is 12.8 Å². The summed E-state index contributed by atoms with van der Waals surface area (Å²) >= 11 is 0. The molecule has 5 aliphatic rings. The van der Waals surface area contributed by atoms with E-state index >= 15 is 0 Å². The van der Waals surface area contributed by atoms with Crippen LogP contribution in [0.3, 0.4) is 0 Å².